The number of rotatable bonds is 4. The fraction of sp³-hybridized carbons (Fsp3) is 0.300. The SMILES string of the molecule is COC(=O)C1CC(c2ccc(S(C)(=O)=O)cc2)=C(c2ccc(C(F)(F)F)cn2)C1. The summed E-state index contributed by atoms with van der Waals surface area (Å²) in [5.41, 5.74) is 1.53. The van der Waals surface area contributed by atoms with Crippen LogP contribution in [0.5, 0.6) is 0 Å². The molecule has 0 bridgehead atoms. The van der Waals surface area contributed by atoms with Crippen molar-refractivity contribution in [3.05, 3.63) is 59.4 Å². The van der Waals surface area contributed by atoms with E-state index in [9.17, 15) is 26.4 Å². The van der Waals surface area contributed by atoms with Crippen LogP contribution < -0.4 is 0 Å². The van der Waals surface area contributed by atoms with Crippen LogP contribution in [0.1, 0.15) is 29.7 Å². The third-order valence-corrected chi connectivity index (χ3v) is 5.96. The van der Waals surface area contributed by atoms with Crippen LogP contribution in [0.15, 0.2) is 47.5 Å². The van der Waals surface area contributed by atoms with Gasteiger partial charge in [-0.05, 0) is 53.8 Å². The molecule has 0 amide bonds. The second-order valence-electron chi connectivity index (χ2n) is 6.81. The predicted octanol–water partition coefficient (Wildman–Crippen LogP) is 4.00. The molecule has 1 unspecified atom stereocenters. The second kappa shape index (κ2) is 7.62. The van der Waals surface area contributed by atoms with Crippen LogP contribution in [0, 0.1) is 5.92 Å². The number of allylic oxidation sites excluding steroid dienone is 2. The van der Waals surface area contributed by atoms with Crippen molar-refractivity contribution in [3.8, 4) is 0 Å². The smallest absolute Gasteiger partial charge is 0.417 e. The van der Waals surface area contributed by atoms with Crippen LogP contribution in [0.2, 0.25) is 0 Å². The minimum absolute atomic E-state index is 0.151. The highest BCUT2D eigenvalue weighted by molar-refractivity contribution is 7.90. The van der Waals surface area contributed by atoms with Crippen LogP contribution in [0.3, 0.4) is 0 Å². The number of sulfone groups is 1. The van der Waals surface area contributed by atoms with Gasteiger partial charge in [0.25, 0.3) is 0 Å². The maximum atomic E-state index is 12.8. The quantitative estimate of drug-likeness (QED) is 0.693. The van der Waals surface area contributed by atoms with E-state index in [0.29, 0.717) is 23.3 Å². The highest BCUT2D eigenvalue weighted by Gasteiger charge is 2.34. The maximum absolute atomic E-state index is 12.8. The molecular weight excluding hydrogens is 407 g/mol. The standard InChI is InChI=1S/C20H18F3NO4S/c1-28-19(25)13-9-16(12-3-6-15(7-4-12)29(2,26)27)17(10-13)18-8-5-14(11-24-18)20(21,22)23/h3-8,11,13H,9-10H2,1-2H3. The first kappa shape index (κ1) is 21.0. The number of carbonyl (C=O) groups excluding carboxylic acids is 1. The average molecular weight is 425 g/mol. The number of hydrogen-bond acceptors (Lipinski definition) is 5. The summed E-state index contributed by atoms with van der Waals surface area (Å²) < 4.78 is 66.6. The number of halogens is 3. The van der Waals surface area contributed by atoms with Gasteiger partial charge in [-0.25, -0.2) is 8.42 Å². The zero-order valence-electron chi connectivity index (χ0n) is 15.7. The van der Waals surface area contributed by atoms with Gasteiger partial charge in [0.1, 0.15) is 0 Å². The Kier molecular flexibility index (Phi) is 5.53. The summed E-state index contributed by atoms with van der Waals surface area (Å²) in [6.45, 7) is 0. The molecule has 1 atom stereocenters. The topological polar surface area (TPSA) is 73.3 Å². The van der Waals surface area contributed by atoms with Crippen molar-refractivity contribution < 1.29 is 31.1 Å². The second-order valence-corrected chi connectivity index (χ2v) is 8.83. The van der Waals surface area contributed by atoms with Gasteiger partial charge in [0.15, 0.2) is 9.84 Å². The lowest BCUT2D eigenvalue weighted by atomic mass is 9.99. The van der Waals surface area contributed by atoms with Gasteiger partial charge in [0, 0.05) is 12.5 Å². The van der Waals surface area contributed by atoms with E-state index >= 15 is 0 Å². The van der Waals surface area contributed by atoms with Crippen molar-refractivity contribution in [2.24, 2.45) is 5.92 Å². The third-order valence-electron chi connectivity index (χ3n) is 4.83. The molecule has 0 fully saturated rings. The van der Waals surface area contributed by atoms with Crippen molar-refractivity contribution >= 4 is 27.0 Å². The molecule has 29 heavy (non-hydrogen) atoms. The van der Waals surface area contributed by atoms with Gasteiger partial charge in [-0.15, -0.1) is 0 Å². The largest absolute Gasteiger partial charge is 0.469 e. The van der Waals surface area contributed by atoms with Crippen molar-refractivity contribution in [3.63, 3.8) is 0 Å². The number of carbonyl (C=O) groups is 1. The average Bonchev–Trinajstić information content (AvgIpc) is 3.11. The monoisotopic (exact) mass is 425 g/mol. The molecule has 1 heterocycles. The van der Waals surface area contributed by atoms with Crippen molar-refractivity contribution in [2.45, 2.75) is 23.9 Å². The molecule has 3 rings (SSSR count). The lowest BCUT2D eigenvalue weighted by molar-refractivity contribution is -0.144. The molecule has 2 aromatic rings. The Morgan fingerprint density at radius 3 is 2.17 bits per heavy atom. The zero-order chi connectivity index (χ0) is 21.4. The Labute approximate surface area is 166 Å². The van der Waals surface area contributed by atoms with Crippen LogP contribution in [0.25, 0.3) is 11.1 Å². The van der Waals surface area contributed by atoms with Gasteiger partial charge >= 0.3 is 12.1 Å². The number of benzene rings is 1. The fourth-order valence-corrected chi connectivity index (χ4v) is 3.97. The Hall–Kier alpha value is -2.68. The van der Waals surface area contributed by atoms with Crippen LogP contribution >= 0.6 is 0 Å². The van der Waals surface area contributed by atoms with Gasteiger partial charge in [-0.1, -0.05) is 12.1 Å². The molecular formula is C20H18F3NO4S. The summed E-state index contributed by atoms with van der Waals surface area (Å²) in [5, 5.41) is 0. The van der Waals surface area contributed by atoms with Crippen molar-refractivity contribution in [1.29, 1.82) is 0 Å². The number of pyridine rings is 1. The summed E-state index contributed by atoms with van der Waals surface area (Å²) >= 11 is 0. The Morgan fingerprint density at radius 2 is 1.69 bits per heavy atom. The number of alkyl halides is 3. The molecule has 1 aromatic heterocycles. The van der Waals surface area contributed by atoms with Crippen LogP contribution in [0.4, 0.5) is 13.2 Å². The van der Waals surface area contributed by atoms with E-state index in [4.69, 9.17) is 4.74 Å². The van der Waals surface area contributed by atoms with Gasteiger partial charge in [0.05, 0.1) is 29.2 Å². The lowest BCUT2D eigenvalue weighted by Crippen LogP contribution is -2.13. The van der Waals surface area contributed by atoms with Crippen LogP contribution in [-0.4, -0.2) is 32.7 Å². The molecule has 1 aliphatic carbocycles. The molecule has 0 aliphatic heterocycles. The molecule has 0 spiro atoms. The molecule has 9 heteroatoms. The molecule has 1 aromatic carbocycles. The van der Waals surface area contributed by atoms with E-state index in [1.807, 2.05) is 0 Å². The number of ether oxygens (including phenoxy) is 1. The normalized spacial score (nSPS) is 17.5. The number of aromatic nitrogens is 1. The van der Waals surface area contributed by atoms with Gasteiger partial charge in [-0.3, -0.25) is 9.78 Å². The van der Waals surface area contributed by atoms with E-state index in [1.165, 1.54) is 25.3 Å². The molecule has 0 N–H and O–H groups in total. The molecule has 0 radical (unpaired) electrons. The first-order valence-electron chi connectivity index (χ1n) is 8.64. The Morgan fingerprint density at radius 1 is 1.07 bits per heavy atom. The maximum Gasteiger partial charge on any atom is 0.417 e. The van der Waals surface area contributed by atoms with E-state index in [1.54, 1.807) is 12.1 Å². The highest BCUT2D eigenvalue weighted by atomic mass is 32.2. The fourth-order valence-electron chi connectivity index (χ4n) is 3.34. The molecule has 0 saturated carbocycles. The molecule has 0 saturated heterocycles. The van der Waals surface area contributed by atoms with Gasteiger partial charge in [0.2, 0.25) is 0 Å². The summed E-state index contributed by atoms with van der Waals surface area (Å²) in [6, 6.07) is 8.39. The van der Waals surface area contributed by atoms with Gasteiger partial charge < -0.3 is 4.74 Å². The number of nitrogens with zero attached hydrogens (tertiary/aromatic N) is 1. The van der Waals surface area contributed by atoms with Crippen molar-refractivity contribution in [1.82, 2.24) is 4.98 Å². The zero-order valence-corrected chi connectivity index (χ0v) is 16.5. The number of methoxy groups -OCH3 is 1. The number of esters is 1. The first-order chi connectivity index (χ1) is 13.5. The Balaban J connectivity index is 2.04. The van der Waals surface area contributed by atoms with E-state index in [2.05, 4.69) is 4.98 Å². The van der Waals surface area contributed by atoms with Gasteiger partial charge in [-0.2, -0.15) is 13.2 Å². The summed E-state index contributed by atoms with van der Waals surface area (Å²) in [4.78, 5) is 16.1. The summed E-state index contributed by atoms with van der Waals surface area (Å²) in [7, 11) is -2.09. The molecule has 154 valence electrons. The van der Waals surface area contributed by atoms with E-state index in [-0.39, 0.29) is 11.3 Å². The van der Waals surface area contributed by atoms with E-state index < -0.39 is 33.5 Å². The minimum Gasteiger partial charge on any atom is -0.469 e. The minimum atomic E-state index is -4.49. The van der Waals surface area contributed by atoms with E-state index in [0.717, 1.165) is 24.1 Å². The van der Waals surface area contributed by atoms with Crippen LogP contribution in [-0.2, 0) is 25.5 Å². The summed E-state index contributed by atoms with van der Waals surface area (Å²) in [6.07, 6.45) is -2.04. The predicted molar refractivity (Wildman–Crippen MR) is 100 cm³/mol. The Bertz CT molecular complexity index is 1060. The van der Waals surface area contributed by atoms with Crippen molar-refractivity contribution in [2.75, 3.05) is 13.4 Å². The first-order valence-corrected chi connectivity index (χ1v) is 10.5. The molecule has 1 aliphatic rings. The highest BCUT2D eigenvalue weighted by Crippen LogP contribution is 2.43. The number of hydrogen-bond donors (Lipinski definition) is 0. The summed E-state index contributed by atoms with van der Waals surface area (Å²) in [5.74, 6) is -0.902. The molecule has 5 nitrogen and oxygen atoms in total. The third kappa shape index (κ3) is 4.50. The lowest BCUT2D eigenvalue weighted by Gasteiger charge is -2.10.